The Kier molecular flexibility index (Phi) is 7.53. The van der Waals surface area contributed by atoms with E-state index < -0.39 is 11.6 Å². The molecule has 1 aromatic heterocycles. The zero-order valence-electron chi connectivity index (χ0n) is 19.5. The van der Waals surface area contributed by atoms with Gasteiger partial charge in [-0.25, -0.2) is 8.78 Å². The minimum atomic E-state index is -0.742. The highest BCUT2D eigenvalue weighted by atomic mass is 19.1. The van der Waals surface area contributed by atoms with Gasteiger partial charge in [-0.3, -0.25) is 9.36 Å². The third-order valence-electron chi connectivity index (χ3n) is 6.16. The van der Waals surface area contributed by atoms with Gasteiger partial charge in [0.2, 0.25) is 0 Å². The maximum Gasteiger partial charge on any atom is 0.255 e. The number of nitrogens with zero attached hydrogens (tertiary/aromatic N) is 2. The zero-order valence-corrected chi connectivity index (χ0v) is 19.5. The van der Waals surface area contributed by atoms with Gasteiger partial charge in [0.15, 0.2) is 0 Å². The maximum atomic E-state index is 14.8. The first kappa shape index (κ1) is 23.8. The van der Waals surface area contributed by atoms with E-state index >= 15 is 0 Å². The van der Waals surface area contributed by atoms with E-state index in [4.69, 9.17) is 4.84 Å². The predicted octanol–water partition coefficient (Wildman–Crippen LogP) is 4.76. The quantitative estimate of drug-likeness (QED) is 0.404. The van der Waals surface area contributed by atoms with E-state index in [2.05, 4.69) is 10.5 Å². The summed E-state index contributed by atoms with van der Waals surface area (Å²) in [6.45, 7) is 5.72. The molecule has 3 aromatic rings. The number of hydrogen-bond donors (Lipinski definition) is 1. The van der Waals surface area contributed by atoms with E-state index in [0.717, 1.165) is 61.7 Å². The van der Waals surface area contributed by atoms with Gasteiger partial charge in [-0.2, -0.15) is 0 Å². The summed E-state index contributed by atoms with van der Waals surface area (Å²) < 4.78 is 30.1. The highest BCUT2D eigenvalue weighted by Crippen LogP contribution is 2.22. The molecule has 1 N–H and O–H groups in total. The normalized spacial score (nSPS) is 14.9. The Morgan fingerprint density at radius 1 is 1.06 bits per heavy atom. The summed E-state index contributed by atoms with van der Waals surface area (Å²) in [5.74, 6) is -1.41. The average molecular weight is 466 g/mol. The van der Waals surface area contributed by atoms with Crippen molar-refractivity contribution < 1.29 is 13.6 Å². The van der Waals surface area contributed by atoms with Gasteiger partial charge in [0.25, 0.3) is 5.56 Å². The molecule has 2 aromatic carbocycles. The lowest BCUT2D eigenvalue weighted by Gasteiger charge is -2.21. The lowest BCUT2D eigenvalue weighted by Crippen LogP contribution is -2.31. The van der Waals surface area contributed by atoms with Gasteiger partial charge in [0.1, 0.15) is 23.5 Å². The van der Waals surface area contributed by atoms with E-state index in [-0.39, 0.29) is 22.9 Å². The van der Waals surface area contributed by atoms with Crippen molar-refractivity contribution in [2.45, 2.75) is 45.6 Å². The number of nitrogens with one attached hydrogen (secondary N) is 1. The molecule has 1 aliphatic rings. The molecular formula is C27H29F2N3O2. The number of piperidine rings is 1. The average Bonchev–Trinajstić information content (AvgIpc) is 2.86. The van der Waals surface area contributed by atoms with Crippen molar-refractivity contribution in [3.8, 4) is 5.69 Å². The van der Waals surface area contributed by atoms with Crippen LogP contribution in [0.15, 0.2) is 64.7 Å². The van der Waals surface area contributed by atoms with E-state index in [1.165, 1.54) is 18.2 Å². The Bertz CT molecular complexity index is 1220. The number of halogens is 2. The third-order valence-corrected chi connectivity index (χ3v) is 6.16. The van der Waals surface area contributed by atoms with Crippen LogP contribution in [0.2, 0.25) is 0 Å². The Morgan fingerprint density at radius 3 is 2.41 bits per heavy atom. The molecule has 2 heterocycles. The second-order valence-corrected chi connectivity index (χ2v) is 8.38. The Hall–Kier alpha value is -3.32. The van der Waals surface area contributed by atoms with Crippen molar-refractivity contribution in [1.29, 1.82) is 0 Å². The molecule has 0 saturated carbocycles. The van der Waals surface area contributed by atoms with Crippen molar-refractivity contribution in [2.75, 3.05) is 13.1 Å². The van der Waals surface area contributed by atoms with Crippen LogP contribution in [-0.4, -0.2) is 29.5 Å². The lowest BCUT2D eigenvalue weighted by atomic mass is 10.0. The smallest absolute Gasteiger partial charge is 0.255 e. The van der Waals surface area contributed by atoms with Crippen molar-refractivity contribution in [2.24, 2.45) is 5.16 Å². The molecule has 1 fully saturated rings. The molecule has 0 bridgehead atoms. The predicted molar refractivity (Wildman–Crippen MR) is 130 cm³/mol. The number of aromatic nitrogens is 1. The number of benzene rings is 2. The number of hydrogen-bond acceptors (Lipinski definition) is 4. The first-order valence-electron chi connectivity index (χ1n) is 11.8. The van der Waals surface area contributed by atoms with Gasteiger partial charge in [-0.05, 0) is 68.1 Å². The first-order chi connectivity index (χ1) is 16.5. The highest BCUT2D eigenvalue weighted by molar-refractivity contribution is 6.12. The number of pyridine rings is 1. The van der Waals surface area contributed by atoms with Crippen LogP contribution in [0, 0.1) is 11.6 Å². The molecule has 0 amide bonds. The monoisotopic (exact) mass is 465 g/mol. The topological polar surface area (TPSA) is 55.6 Å². The fourth-order valence-electron chi connectivity index (χ4n) is 4.29. The van der Waals surface area contributed by atoms with Crippen LogP contribution in [-0.2, 0) is 17.7 Å². The SMILES string of the molecule is CCc1cccc(CC)c1-n1cc(C(=NOC2CCNCC2)c2ccc(F)cc2F)ccc1=O. The fraction of sp³-hybridized carbons (Fsp3) is 0.333. The van der Waals surface area contributed by atoms with Crippen LogP contribution in [0.3, 0.4) is 0 Å². The molecule has 4 rings (SSSR count). The molecule has 1 aliphatic heterocycles. The number of oxime groups is 1. The van der Waals surface area contributed by atoms with Gasteiger partial charge in [0, 0.05) is 29.5 Å². The minimum absolute atomic E-state index is 0.0989. The Labute approximate surface area is 198 Å². The summed E-state index contributed by atoms with van der Waals surface area (Å²) in [5.41, 5.74) is 3.55. The molecule has 0 radical (unpaired) electrons. The van der Waals surface area contributed by atoms with Gasteiger partial charge in [-0.15, -0.1) is 0 Å². The molecule has 178 valence electrons. The van der Waals surface area contributed by atoms with Gasteiger partial charge in [-0.1, -0.05) is 37.2 Å². The fourth-order valence-corrected chi connectivity index (χ4v) is 4.29. The second-order valence-electron chi connectivity index (χ2n) is 8.38. The Balaban J connectivity index is 1.85. The highest BCUT2D eigenvalue weighted by Gasteiger charge is 2.19. The molecule has 0 unspecified atom stereocenters. The van der Waals surface area contributed by atoms with Crippen LogP contribution in [0.1, 0.15) is 48.9 Å². The summed E-state index contributed by atoms with van der Waals surface area (Å²) in [7, 11) is 0. The van der Waals surface area contributed by atoms with Crippen molar-refractivity contribution in [1.82, 2.24) is 9.88 Å². The lowest BCUT2D eigenvalue weighted by molar-refractivity contribution is 0.0378. The molecule has 0 atom stereocenters. The van der Waals surface area contributed by atoms with Gasteiger partial charge >= 0.3 is 0 Å². The van der Waals surface area contributed by atoms with Crippen LogP contribution in [0.25, 0.3) is 5.69 Å². The largest absolute Gasteiger partial charge is 0.392 e. The summed E-state index contributed by atoms with van der Waals surface area (Å²) in [4.78, 5) is 18.8. The van der Waals surface area contributed by atoms with E-state index in [1.54, 1.807) is 16.8 Å². The summed E-state index contributed by atoms with van der Waals surface area (Å²) in [6, 6.07) is 12.4. The number of rotatable bonds is 7. The first-order valence-corrected chi connectivity index (χ1v) is 11.8. The molecule has 34 heavy (non-hydrogen) atoms. The standard InChI is InChI=1S/C27H29F2N3O2/c1-3-18-6-5-7-19(4-2)27(18)32-17-20(8-11-25(32)33)26(23-10-9-21(28)16-24(23)29)31-34-22-12-14-30-15-13-22/h5-11,16-17,22,30H,3-4,12-15H2,1-2H3. The van der Waals surface area contributed by atoms with Crippen LogP contribution < -0.4 is 10.9 Å². The van der Waals surface area contributed by atoms with E-state index in [1.807, 2.05) is 32.0 Å². The maximum absolute atomic E-state index is 14.8. The van der Waals surface area contributed by atoms with E-state index in [0.29, 0.717) is 5.56 Å². The Morgan fingerprint density at radius 2 is 1.76 bits per heavy atom. The molecule has 0 spiro atoms. The molecule has 7 heteroatoms. The number of aryl methyl sites for hydroxylation is 2. The minimum Gasteiger partial charge on any atom is -0.392 e. The van der Waals surface area contributed by atoms with Gasteiger partial charge < -0.3 is 10.2 Å². The van der Waals surface area contributed by atoms with Crippen molar-refractivity contribution >= 4 is 5.71 Å². The van der Waals surface area contributed by atoms with Gasteiger partial charge in [0.05, 0.1) is 5.69 Å². The molecule has 0 aliphatic carbocycles. The molecule has 1 saturated heterocycles. The molecular weight excluding hydrogens is 436 g/mol. The van der Waals surface area contributed by atoms with Crippen molar-refractivity contribution in [3.63, 3.8) is 0 Å². The van der Waals surface area contributed by atoms with Crippen molar-refractivity contribution in [3.05, 3.63) is 99.0 Å². The zero-order chi connectivity index (χ0) is 24.1. The van der Waals surface area contributed by atoms with Crippen LogP contribution in [0.5, 0.6) is 0 Å². The summed E-state index contributed by atoms with van der Waals surface area (Å²) >= 11 is 0. The van der Waals surface area contributed by atoms with Crippen LogP contribution >= 0.6 is 0 Å². The summed E-state index contributed by atoms with van der Waals surface area (Å²) in [5, 5.41) is 7.61. The van der Waals surface area contributed by atoms with E-state index in [9.17, 15) is 13.6 Å². The van der Waals surface area contributed by atoms with Crippen LogP contribution in [0.4, 0.5) is 8.78 Å². The second kappa shape index (κ2) is 10.7. The number of para-hydroxylation sites is 1. The third kappa shape index (κ3) is 5.09. The summed E-state index contributed by atoms with van der Waals surface area (Å²) in [6.07, 6.45) is 4.65. The molecule has 5 nitrogen and oxygen atoms in total.